The molecule has 2 heterocycles. The van der Waals surface area contributed by atoms with Gasteiger partial charge in [0.1, 0.15) is 10.7 Å². The molecule has 110 valence electrons. The lowest BCUT2D eigenvalue weighted by Crippen LogP contribution is -2.16. The van der Waals surface area contributed by atoms with Gasteiger partial charge in [0.05, 0.1) is 22.4 Å². The molecule has 0 radical (unpaired) electrons. The maximum Gasteiger partial charge on any atom is 0.273 e. The number of hydrogen-bond acceptors (Lipinski definition) is 4. The maximum atomic E-state index is 13.1. The summed E-state index contributed by atoms with van der Waals surface area (Å²) >= 11 is 0. The van der Waals surface area contributed by atoms with Crippen molar-refractivity contribution >= 4 is 21.1 Å². The number of nitrogens with zero attached hydrogens (tertiary/aromatic N) is 4. The van der Waals surface area contributed by atoms with Crippen molar-refractivity contribution in [3.8, 4) is 0 Å². The smallest absolute Gasteiger partial charge is 0.271 e. The van der Waals surface area contributed by atoms with Crippen LogP contribution in [0.2, 0.25) is 0 Å². The van der Waals surface area contributed by atoms with Crippen LogP contribution in [0.3, 0.4) is 0 Å². The number of aromatic nitrogens is 4. The predicted octanol–water partition coefficient (Wildman–Crippen LogP) is 1.93. The Kier molecular flexibility index (Phi) is 2.91. The third-order valence-electron chi connectivity index (χ3n) is 3.62. The van der Waals surface area contributed by atoms with Crippen molar-refractivity contribution in [2.24, 2.45) is 7.05 Å². The molecule has 0 aliphatic heterocycles. The van der Waals surface area contributed by atoms with Crippen molar-refractivity contribution in [3.63, 3.8) is 0 Å². The summed E-state index contributed by atoms with van der Waals surface area (Å²) in [6.07, 6.45) is 0. The van der Waals surface area contributed by atoms with Crippen LogP contribution in [0, 0.1) is 20.8 Å². The number of benzene rings is 1. The number of imidazole rings is 1. The van der Waals surface area contributed by atoms with Crippen molar-refractivity contribution in [2.45, 2.75) is 25.7 Å². The van der Waals surface area contributed by atoms with Crippen LogP contribution in [0.1, 0.15) is 17.2 Å². The van der Waals surface area contributed by atoms with Gasteiger partial charge in [-0.25, -0.2) is 17.4 Å². The number of rotatable bonds is 2. The van der Waals surface area contributed by atoms with Gasteiger partial charge in [-0.2, -0.15) is 5.10 Å². The van der Waals surface area contributed by atoms with E-state index in [1.165, 1.54) is 3.97 Å². The Labute approximate surface area is 123 Å². The van der Waals surface area contributed by atoms with Gasteiger partial charge in [0.15, 0.2) is 0 Å². The summed E-state index contributed by atoms with van der Waals surface area (Å²) in [7, 11) is -1.99. The Bertz CT molecular complexity index is 951. The number of para-hydroxylation sites is 2. The molecule has 0 N–H and O–H groups in total. The monoisotopic (exact) mass is 304 g/mol. The van der Waals surface area contributed by atoms with Crippen molar-refractivity contribution < 1.29 is 8.42 Å². The quantitative estimate of drug-likeness (QED) is 0.725. The Balaban J connectivity index is 2.38. The number of fused-ring (bicyclic) bond motifs is 1. The van der Waals surface area contributed by atoms with Crippen molar-refractivity contribution in [1.82, 2.24) is 18.7 Å². The van der Waals surface area contributed by atoms with Gasteiger partial charge < -0.3 is 0 Å². The molecule has 7 heteroatoms. The van der Waals surface area contributed by atoms with Gasteiger partial charge in [0, 0.05) is 7.05 Å². The molecular weight excluding hydrogens is 288 g/mol. The molecule has 3 aromatic rings. The molecule has 0 unspecified atom stereocenters. The van der Waals surface area contributed by atoms with E-state index in [2.05, 4.69) is 10.1 Å². The normalized spacial score (nSPS) is 12.2. The summed E-state index contributed by atoms with van der Waals surface area (Å²) in [5.41, 5.74) is 2.35. The Hall–Kier alpha value is -2.15. The lowest BCUT2D eigenvalue weighted by Gasteiger charge is -2.09. The van der Waals surface area contributed by atoms with Gasteiger partial charge in [0.2, 0.25) is 0 Å². The molecule has 0 atom stereocenters. The van der Waals surface area contributed by atoms with E-state index in [1.54, 1.807) is 50.7 Å². The van der Waals surface area contributed by atoms with Gasteiger partial charge in [0.25, 0.3) is 10.0 Å². The molecule has 2 aromatic heterocycles. The van der Waals surface area contributed by atoms with Crippen LogP contribution in [0.5, 0.6) is 0 Å². The molecule has 0 bridgehead atoms. The minimum atomic E-state index is -3.72. The second-order valence-corrected chi connectivity index (χ2v) is 6.76. The van der Waals surface area contributed by atoms with Gasteiger partial charge in [-0.05, 0) is 32.9 Å². The van der Waals surface area contributed by atoms with Crippen LogP contribution in [-0.4, -0.2) is 27.2 Å². The van der Waals surface area contributed by atoms with E-state index in [0.29, 0.717) is 28.2 Å². The van der Waals surface area contributed by atoms with Gasteiger partial charge in [-0.15, -0.1) is 0 Å². The van der Waals surface area contributed by atoms with Gasteiger partial charge in [-0.3, -0.25) is 4.68 Å². The average molecular weight is 304 g/mol. The highest BCUT2D eigenvalue weighted by Gasteiger charge is 2.28. The summed E-state index contributed by atoms with van der Waals surface area (Å²) in [5.74, 6) is 0.443. The van der Waals surface area contributed by atoms with Gasteiger partial charge >= 0.3 is 0 Å². The van der Waals surface area contributed by atoms with E-state index in [0.717, 1.165) is 0 Å². The van der Waals surface area contributed by atoms with Crippen LogP contribution in [0.4, 0.5) is 0 Å². The molecular formula is C14H16N4O2S. The third kappa shape index (κ3) is 1.88. The molecule has 0 amide bonds. The number of aryl methyl sites for hydroxylation is 3. The van der Waals surface area contributed by atoms with Crippen LogP contribution in [0.15, 0.2) is 29.2 Å². The summed E-state index contributed by atoms with van der Waals surface area (Å²) in [6, 6.07) is 7.20. The van der Waals surface area contributed by atoms with Crippen LogP contribution in [-0.2, 0) is 17.1 Å². The SMILES string of the molecule is Cc1nn(C)c(C)c1S(=O)(=O)n1c(C)nc2ccccc21. The van der Waals surface area contributed by atoms with E-state index < -0.39 is 10.0 Å². The highest BCUT2D eigenvalue weighted by atomic mass is 32.2. The maximum absolute atomic E-state index is 13.1. The minimum absolute atomic E-state index is 0.247. The lowest BCUT2D eigenvalue weighted by atomic mass is 10.3. The lowest BCUT2D eigenvalue weighted by molar-refractivity contribution is 0.586. The van der Waals surface area contributed by atoms with Gasteiger partial charge in [-0.1, -0.05) is 12.1 Å². The first kappa shape index (κ1) is 13.8. The first-order valence-electron chi connectivity index (χ1n) is 6.54. The zero-order chi connectivity index (χ0) is 15.4. The van der Waals surface area contributed by atoms with Crippen molar-refractivity contribution in [1.29, 1.82) is 0 Å². The van der Waals surface area contributed by atoms with E-state index in [1.807, 2.05) is 6.07 Å². The zero-order valence-corrected chi connectivity index (χ0v) is 13.1. The highest BCUT2D eigenvalue weighted by Crippen LogP contribution is 2.26. The Morgan fingerprint density at radius 2 is 1.76 bits per heavy atom. The minimum Gasteiger partial charge on any atom is -0.271 e. The van der Waals surface area contributed by atoms with Crippen LogP contribution < -0.4 is 0 Å². The van der Waals surface area contributed by atoms with E-state index in [-0.39, 0.29) is 4.90 Å². The second-order valence-electron chi connectivity index (χ2n) is 5.04. The molecule has 0 aliphatic rings. The fraction of sp³-hybridized carbons (Fsp3) is 0.286. The van der Waals surface area contributed by atoms with Crippen molar-refractivity contribution in [2.75, 3.05) is 0 Å². The molecule has 0 fully saturated rings. The predicted molar refractivity (Wildman–Crippen MR) is 79.7 cm³/mol. The number of hydrogen-bond donors (Lipinski definition) is 0. The molecule has 3 rings (SSSR count). The Morgan fingerprint density at radius 1 is 1.10 bits per heavy atom. The highest BCUT2D eigenvalue weighted by molar-refractivity contribution is 7.90. The van der Waals surface area contributed by atoms with Crippen LogP contribution in [0.25, 0.3) is 11.0 Å². The first-order valence-corrected chi connectivity index (χ1v) is 7.98. The first-order chi connectivity index (χ1) is 9.84. The largest absolute Gasteiger partial charge is 0.273 e. The van der Waals surface area contributed by atoms with Crippen LogP contribution >= 0.6 is 0 Å². The molecule has 6 nitrogen and oxygen atoms in total. The van der Waals surface area contributed by atoms with E-state index >= 15 is 0 Å². The summed E-state index contributed by atoms with van der Waals surface area (Å²) in [6.45, 7) is 5.15. The molecule has 0 saturated heterocycles. The van der Waals surface area contributed by atoms with E-state index in [9.17, 15) is 8.42 Å². The topological polar surface area (TPSA) is 69.8 Å². The third-order valence-corrected chi connectivity index (χ3v) is 5.67. The zero-order valence-electron chi connectivity index (χ0n) is 12.3. The molecule has 21 heavy (non-hydrogen) atoms. The second kappa shape index (κ2) is 4.42. The summed E-state index contributed by atoms with van der Waals surface area (Å²) < 4.78 is 29.0. The average Bonchev–Trinajstić information content (AvgIpc) is 2.86. The molecule has 0 spiro atoms. The molecule has 1 aromatic carbocycles. The van der Waals surface area contributed by atoms with E-state index in [4.69, 9.17) is 0 Å². The summed E-state index contributed by atoms with van der Waals surface area (Å²) in [4.78, 5) is 4.57. The molecule has 0 saturated carbocycles. The van der Waals surface area contributed by atoms with Crippen molar-refractivity contribution in [3.05, 3.63) is 41.5 Å². The fourth-order valence-electron chi connectivity index (χ4n) is 2.65. The fourth-order valence-corrected chi connectivity index (χ4v) is 4.55. The standard InChI is InChI=1S/C14H16N4O2S/c1-9-14(10(2)17(4)16-9)21(19,20)18-11(3)15-12-7-5-6-8-13(12)18/h5-8H,1-4H3. The molecule has 0 aliphatic carbocycles. The Morgan fingerprint density at radius 3 is 2.38 bits per heavy atom. The summed E-state index contributed by atoms with van der Waals surface area (Å²) in [5, 5.41) is 4.20.